The van der Waals surface area contributed by atoms with Crippen molar-refractivity contribution in [3.8, 4) is 5.75 Å². The number of phenolic OH excluding ortho intramolecular Hbond substituents is 1. The van der Waals surface area contributed by atoms with Crippen LogP contribution in [0.25, 0.3) is 0 Å². The van der Waals surface area contributed by atoms with Crippen molar-refractivity contribution in [3.63, 3.8) is 0 Å². The lowest BCUT2D eigenvalue weighted by Gasteiger charge is -2.06. The first-order valence-electron chi connectivity index (χ1n) is 7.41. The van der Waals surface area contributed by atoms with Crippen molar-refractivity contribution in [1.29, 1.82) is 5.41 Å². The molecule has 0 atom stereocenters. The summed E-state index contributed by atoms with van der Waals surface area (Å²) >= 11 is 3.03. The third-order valence-electron chi connectivity index (χ3n) is 3.12. The summed E-state index contributed by atoms with van der Waals surface area (Å²) in [6.45, 7) is 1.84. The molecule has 0 heterocycles. The molecule has 0 aromatic heterocycles. The summed E-state index contributed by atoms with van der Waals surface area (Å²) < 4.78 is 29.9. The van der Waals surface area contributed by atoms with Crippen LogP contribution in [0.4, 0.5) is 5.69 Å². The molecule has 0 aliphatic heterocycles. The Kier molecular flexibility index (Phi) is 8.20. The number of halogens is 1. The Hall–Kier alpha value is -3.07. The number of nitro benzene ring substituents is 1. The van der Waals surface area contributed by atoms with E-state index in [1.807, 2.05) is 6.92 Å². The van der Waals surface area contributed by atoms with Crippen molar-refractivity contribution in [3.05, 3.63) is 62.1 Å². The number of aromatic hydroxyl groups is 1. The van der Waals surface area contributed by atoms with E-state index in [0.717, 1.165) is 17.8 Å². The van der Waals surface area contributed by atoms with Gasteiger partial charge >= 0.3 is 5.69 Å². The number of hydrogen-bond acceptors (Lipinski definition) is 8. The first-order valence-corrected chi connectivity index (χ1v) is 9.64. The quantitative estimate of drug-likeness (QED) is 0.140. The summed E-state index contributed by atoms with van der Waals surface area (Å²) in [5.41, 5.74) is 5.33. The van der Waals surface area contributed by atoms with Gasteiger partial charge in [-0.25, -0.2) is 0 Å². The van der Waals surface area contributed by atoms with Crippen molar-refractivity contribution in [2.45, 2.75) is 11.8 Å². The molecular weight excluding hydrogens is 474 g/mol. The molecule has 0 saturated carbocycles. The van der Waals surface area contributed by atoms with Crippen LogP contribution in [0.2, 0.25) is 0 Å². The molecule has 0 spiro atoms. The highest BCUT2D eigenvalue weighted by atomic mass is 79.9. The van der Waals surface area contributed by atoms with Gasteiger partial charge in [0.05, 0.1) is 16.0 Å². The minimum atomic E-state index is -4.02. The van der Waals surface area contributed by atoms with E-state index in [2.05, 4.69) is 21.0 Å². The number of guanidine groups is 1. The van der Waals surface area contributed by atoms with Crippen molar-refractivity contribution in [2.75, 3.05) is 0 Å². The van der Waals surface area contributed by atoms with E-state index in [1.165, 1.54) is 18.2 Å². The van der Waals surface area contributed by atoms with Crippen LogP contribution >= 0.6 is 15.9 Å². The van der Waals surface area contributed by atoms with E-state index in [0.29, 0.717) is 4.47 Å². The molecule has 0 saturated heterocycles. The number of nitrogens with one attached hydrogen (secondary N) is 1. The lowest BCUT2D eigenvalue weighted by molar-refractivity contribution is -0.385. The predicted octanol–water partition coefficient (Wildman–Crippen LogP) is 2.22. The van der Waals surface area contributed by atoms with Crippen LogP contribution in [0.5, 0.6) is 5.75 Å². The van der Waals surface area contributed by atoms with Gasteiger partial charge in [0.2, 0.25) is 11.7 Å². The Balaban J connectivity index is 0.000000326. The van der Waals surface area contributed by atoms with Crippen molar-refractivity contribution >= 4 is 43.9 Å². The number of hydrazone groups is 1. The third kappa shape index (κ3) is 7.46. The number of nitro groups is 1. The zero-order chi connectivity index (χ0) is 22.4. The highest BCUT2D eigenvalue weighted by Gasteiger charge is 2.17. The number of nitrogens with two attached hydrogens (primary N) is 1. The lowest BCUT2D eigenvalue weighted by Crippen LogP contribution is -2.28. The van der Waals surface area contributed by atoms with Crippen molar-refractivity contribution in [2.24, 2.45) is 10.8 Å². The van der Waals surface area contributed by atoms with Crippen LogP contribution in [0.1, 0.15) is 11.1 Å². The smallest absolute Gasteiger partial charge is 0.312 e. The predicted molar refractivity (Wildman–Crippen MR) is 107 cm³/mol. The Morgan fingerprint density at radius 3 is 2.34 bits per heavy atom. The number of hydrogen-bond donors (Lipinski definition) is 5. The van der Waals surface area contributed by atoms with Crippen LogP contribution in [-0.2, 0) is 10.1 Å². The summed E-state index contributed by atoms with van der Waals surface area (Å²) in [4.78, 5) is 9.81. The molecule has 0 bridgehead atoms. The Morgan fingerprint density at radius 2 is 1.90 bits per heavy atom. The fourth-order valence-corrected chi connectivity index (χ4v) is 2.68. The molecule has 12 nitrogen and oxygen atoms in total. The second-order valence-electron chi connectivity index (χ2n) is 5.33. The molecule has 0 fully saturated rings. The number of hydroxylamine groups is 1. The molecule has 2 aromatic rings. The summed E-state index contributed by atoms with van der Waals surface area (Å²) in [7, 11) is -4.02. The second-order valence-corrected chi connectivity index (χ2v) is 7.66. The fourth-order valence-electron chi connectivity index (χ4n) is 1.73. The molecule has 0 amide bonds. The molecule has 0 radical (unpaired) electrons. The van der Waals surface area contributed by atoms with Gasteiger partial charge in [-0.05, 0) is 25.1 Å². The summed E-state index contributed by atoms with van der Waals surface area (Å²) in [6.07, 6.45) is 0.925. The standard InChI is InChI=1S/C8H8BrN5O4.C7H8O3S/c9-5-1-4(3-12-13(16)8(10)11)7(15)6(2-5)14(17)18;1-6-2-4-7(5-3-6)11(8,9)10/h1-3,15-16H,(H3,10,11);2-5H,1H3,(H,8,9,10). The van der Waals surface area contributed by atoms with Gasteiger partial charge < -0.3 is 10.8 Å². The maximum atomic E-state index is 10.6. The zero-order valence-corrected chi connectivity index (χ0v) is 17.1. The average Bonchev–Trinajstić information content (AvgIpc) is 2.61. The number of phenols is 1. The number of aryl methyl sites for hydroxylation is 1. The molecule has 0 aliphatic rings. The Bertz CT molecular complexity index is 1040. The average molecular weight is 490 g/mol. The third-order valence-corrected chi connectivity index (χ3v) is 4.45. The van der Waals surface area contributed by atoms with Gasteiger partial charge in [-0.1, -0.05) is 33.6 Å². The molecule has 2 aromatic carbocycles. The molecule has 29 heavy (non-hydrogen) atoms. The van der Waals surface area contributed by atoms with Gasteiger partial charge in [0.25, 0.3) is 10.1 Å². The lowest BCUT2D eigenvalue weighted by atomic mass is 10.2. The van der Waals surface area contributed by atoms with Gasteiger partial charge in [-0.15, -0.1) is 5.17 Å². The molecule has 6 N–H and O–H groups in total. The molecular formula is C15H16BrN5O7S. The minimum Gasteiger partial charge on any atom is -0.502 e. The normalized spacial score (nSPS) is 10.9. The summed E-state index contributed by atoms with van der Waals surface area (Å²) in [5.74, 6) is -1.35. The van der Waals surface area contributed by atoms with Crippen LogP contribution in [0.3, 0.4) is 0 Å². The van der Waals surface area contributed by atoms with E-state index < -0.39 is 32.4 Å². The minimum absolute atomic E-state index is 0.0172. The van der Waals surface area contributed by atoms with Gasteiger partial charge in [-0.2, -0.15) is 13.5 Å². The van der Waals surface area contributed by atoms with Crippen molar-refractivity contribution in [1.82, 2.24) is 5.17 Å². The highest BCUT2D eigenvalue weighted by Crippen LogP contribution is 2.32. The first-order chi connectivity index (χ1) is 13.3. The maximum absolute atomic E-state index is 10.6. The number of nitrogens with zero attached hydrogens (tertiary/aromatic N) is 3. The molecule has 0 unspecified atom stereocenters. The van der Waals surface area contributed by atoms with E-state index in [4.69, 9.17) is 20.9 Å². The van der Waals surface area contributed by atoms with E-state index in [-0.39, 0.29) is 15.6 Å². The Morgan fingerprint density at radius 1 is 1.34 bits per heavy atom. The van der Waals surface area contributed by atoms with E-state index in [9.17, 15) is 23.6 Å². The van der Waals surface area contributed by atoms with E-state index in [1.54, 1.807) is 12.1 Å². The van der Waals surface area contributed by atoms with Gasteiger partial charge in [-0.3, -0.25) is 25.3 Å². The van der Waals surface area contributed by atoms with Gasteiger partial charge in [0, 0.05) is 16.1 Å². The first kappa shape index (κ1) is 24.0. The molecule has 2 rings (SSSR count). The largest absolute Gasteiger partial charge is 0.502 e. The van der Waals surface area contributed by atoms with Crippen LogP contribution in [0.15, 0.2) is 50.9 Å². The SMILES string of the molecule is Cc1ccc(S(=O)(=O)O)cc1.N=C(N)N(O)N=Cc1cc(Br)cc([N+](=O)[O-])c1O. The topological polar surface area (TPSA) is 203 Å². The fraction of sp³-hybridized carbons (Fsp3) is 0.0667. The highest BCUT2D eigenvalue weighted by molar-refractivity contribution is 9.10. The van der Waals surface area contributed by atoms with Crippen LogP contribution in [-0.4, -0.2) is 45.6 Å². The number of rotatable bonds is 4. The summed E-state index contributed by atoms with van der Waals surface area (Å²) in [6, 6.07) is 8.45. The number of benzene rings is 2. The molecule has 14 heteroatoms. The summed E-state index contributed by atoms with van der Waals surface area (Å²) in [5, 5.41) is 39.4. The van der Waals surface area contributed by atoms with Crippen LogP contribution in [0, 0.1) is 22.4 Å². The monoisotopic (exact) mass is 489 g/mol. The zero-order valence-electron chi connectivity index (χ0n) is 14.7. The Labute approximate surface area is 173 Å². The second kappa shape index (κ2) is 9.92. The van der Waals surface area contributed by atoms with Crippen LogP contribution < -0.4 is 5.73 Å². The van der Waals surface area contributed by atoms with E-state index >= 15 is 0 Å². The van der Waals surface area contributed by atoms with Gasteiger partial charge in [0.15, 0.2) is 0 Å². The molecule has 0 aliphatic carbocycles. The molecule has 156 valence electrons. The maximum Gasteiger partial charge on any atom is 0.312 e. The van der Waals surface area contributed by atoms with Crippen molar-refractivity contribution < 1.29 is 28.2 Å². The van der Waals surface area contributed by atoms with Gasteiger partial charge in [0.1, 0.15) is 0 Å².